The van der Waals surface area contributed by atoms with Crippen molar-refractivity contribution < 1.29 is 9.59 Å². The summed E-state index contributed by atoms with van der Waals surface area (Å²) in [6, 6.07) is 12.5. The number of hydrogen-bond donors (Lipinski definition) is 2. The minimum atomic E-state index is -0.774. The van der Waals surface area contributed by atoms with Gasteiger partial charge in [-0.05, 0) is 57.2 Å². The zero-order valence-corrected chi connectivity index (χ0v) is 17.9. The highest BCUT2D eigenvalue weighted by Gasteiger charge is 2.43. The Labute approximate surface area is 179 Å². The summed E-state index contributed by atoms with van der Waals surface area (Å²) in [5.41, 5.74) is 5.58. The number of piperidine rings is 1. The number of primary amides is 1. The summed E-state index contributed by atoms with van der Waals surface area (Å²) >= 11 is 0. The molecule has 0 radical (unpaired) electrons. The zero-order valence-electron chi connectivity index (χ0n) is 17.9. The van der Waals surface area contributed by atoms with Crippen LogP contribution in [0.2, 0.25) is 0 Å². The Kier molecular flexibility index (Phi) is 7.49. The van der Waals surface area contributed by atoms with Crippen LogP contribution in [0.1, 0.15) is 63.4 Å². The molecule has 30 heavy (non-hydrogen) atoms. The van der Waals surface area contributed by atoms with Crippen LogP contribution in [0.5, 0.6) is 0 Å². The van der Waals surface area contributed by atoms with Gasteiger partial charge in [0.05, 0.1) is 6.07 Å². The van der Waals surface area contributed by atoms with Crippen molar-refractivity contribution in [3.63, 3.8) is 0 Å². The van der Waals surface area contributed by atoms with Gasteiger partial charge >= 0.3 is 0 Å². The SMILES string of the molecule is N#CC1(N(CCc2ccccc2)C(=O)CCC2(C(N)=O)CCCCC2)CCNCC1. The first-order valence-electron chi connectivity index (χ1n) is 11.3. The molecule has 0 unspecified atom stereocenters. The van der Waals surface area contributed by atoms with Crippen LogP contribution in [-0.4, -0.2) is 41.9 Å². The Morgan fingerprint density at radius 1 is 1.07 bits per heavy atom. The Bertz CT molecular complexity index is 759. The maximum Gasteiger partial charge on any atom is 0.223 e. The number of nitrogens with zero attached hydrogens (tertiary/aromatic N) is 2. The van der Waals surface area contributed by atoms with Gasteiger partial charge in [0.1, 0.15) is 5.54 Å². The lowest BCUT2D eigenvalue weighted by Crippen LogP contribution is -2.56. The van der Waals surface area contributed by atoms with E-state index in [9.17, 15) is 14.9 Å². The van der Waals surface area contributed by atoms with Crippen LogP contribution in [0.25, 0.3) is 0 Å². The van der Waals surface area contributed by atoms with Gasteiger partial charge in [0.25, 0.3) is 0 Å². The van der Waals surface area contributed by atoms with E-state index in [1.165, 1.54) is 0 Å². The lowest BCUT2D eigenvalue weighted by atomic mass is 9.70. The van der Waals surface area contributed by atoms with Gasteiger partial charge in [0.2, 0.25) is 11.8 Å². The fraction of sp³-hybridized carbons (Fsp3) is 0.625. The number of nitrogens with one attached hydrogen (secondary N) is 1. The van der Waals surface area contributed by atoms with Gasteiger partial charge in [-0.15, -0.1) is 0 Å². The van der Waals surface area contributed by atoms with Crippen LogP contribution in [0.15, 0.2) is 30.3 Å². The number of benzene rings is 1. The summed E-state index contributed by atoms with van der Waals surface area (Å²) in [5.74, 6) is -0.303. The lowest BCUT2D eigenvalue weighted by Gasteiger charge is -2.42. The Balaban J connectivity index is 1.75. The van der Waals surface area contributed by atoms with Gasteiger partial charge in [-0.1, -0.05) is 49.6 Å². The molecule has 6 nitrogen and oxygen atoms in total. The fourth-order valence-corrected chi connectivity index (χ4v) is 5.07. The summed E-state index contributed by atoms with van der Waals surface area (Å²) in [4.78, 5) is 27.5. The summed E-state index contributed by atoms with van der Waals surface area (Å²) in [6.07, 6.45) is 7.37. The van der Waals surface area contributed by atoms with Crippen molar-refractivity contribution in [2.75, 3.05) is 19.6 Å². The number of amides is 2. The maximum absolute atomic E-state index is 13.4. The number of nitrogens with two attached hydrogens (primary N) is 1. The molecule has 3 rings (SSSR count). The summed E-state index contributed by atoms with van der Waals surface area (Å²) in [6.45, 7) is 1.97. The Hall–Kier alpha value is -2.39. The minimum absolute atomic E-state index is 0.0272. The van der Waals surface area contributed by atoms with Crippen LogP contribution in [0.3, 0.4) is 0 Å². The van der Waals surface area contributed by atoms with E-state index in [0.717, 1.165) is 50.8 Å². The molecule has 1 saturated heterocycles. The standard InChI is InChI=1S/C24H34N4O2/c25-19-24(14-16-27-17-15-24)28(18-10-20-7-3-1-4-8-20)21(29)9-13-23(22(26)30)11-5-2-6-12-23/h1,3-4,7-8,27H,2,5-6,9-18H2,(H2,26,30). The summed E-state index contributed by atoms with van der Waals surface area (Å²) in [5, 5.41) is 13.4. The van der Waals surface area contributed by atoms with Gasteiger partial charge in [0.15, 0.2) is 0 Å². The second-order valence-electron chi connectivity index (χ2n) is 8.88. The van der Waals surface area contributed by atoms with Gasteiger partial charge < -0.3 is 16.0 Å². The molecule has 3 N–H and O–H groups in total. The normalized spacial score (nSPS) is 20.1. The molecule has 1 aromatic rings. The highest BCUT2D eigenvalue weighted by atomic mass is 16.2. The number of carbonyl (C=O) groups is 2. The van der Waals surface area contributed by atoms with Crippen molar-refractivity contribution in [3.8, 4) is 6.07 Å². The van der Waals surface area contributed by atoms with Crippen molar-refractivity contribution in [1.82, 2.24) is 10.2 Å². The third-order valence-corrected chi connectivity index (χ3v) is 7.07. The van der Waals surface area contributed by atoms with E-state index in [-0.39, 0.29) is 18.2 Å². The smallest absolute Gasteiger partial charge is 0.223 e. The van der Waals surface area contributed by atoms with E-state index in [1.54, 1.807) is 4.90 Å². The molecule has 0 spiro atoms. The molecule has 0 bridgehead atoms. The predicted molar refractivity (Wildman–Crippen MR) is 116 cm³/mol. The highest BCUT2D eigenvalue weighted by molar-refractivity contribution is 5.83. The largest absolute Gasteiger partial charge is 0.369 e. The number of hydrogen-bond acceptors (Lipinski definition) is 4. The van der Waals surface area contributed by atoms with Crippen molar-refractivity contribution in [3.05, 3.63) is 35.9 Å². The quantitative estimate of drug-likeness (QED) is 0.688. The predicted octanol–water partition coefficient (Wildman–Crippen LogP) is 2.92. The van der Waals surface area contributed by atoms with E-state index in [1.807, 2.05) is 30.3 Å². The van der Waals surface area contributed by atoms with Crippen LogP contribution in [0.4, 0.5) is 0 Å². The molecular weight excluding hydrogens is 376 g/mol. The molecule has 162 valence electrons. The van der Waals surface area contributed by atoms with Crippen LogP contribution in [0, 0.1) is 16.7 Å². The second kappa shape index (κ2) is 10.1. The maximum atomic E-state index is 13.4. The van der Waals surface area contributed by atoms with E-state index >= 15 is 0 Å². The first-order valence-corrected chi connectivity index (χ1v) is 11.3. The van der Waals surface area contributed by atoms with Gasteiger partial charge in [-0.25, -0.2) is 0 Å². The van der Waals surface area contributed by atoms with E-state index in [4.69, 9.17) is 5.73 Å². The van der Waals surface area contributed by atoms with E-state index in [0.29, 0.717) is 32.2 Å². The topological polar surface area (TPSA) is 99.2 Å². The zero-order chi connectivity index (χ0) is 21.5. The van der Waals surface area contributed by atoms with Crippen molar-refractivity contribution in [2.45, 2.75) is 69.7 Å². The third-order valence-electron chi connectivity index (χ3n) is 7.07. The molecule has 0 aromatic heterocycles. The minimum Gasteiger partial charge on any atom is -0.369 e. The van der Waals surface area contributed by atoms with Crippen LogP contribution < -0.4 is 11.1 Å². The molecule has 1 aromatic carbocycles. The van der Waals surface area contributed by atoms with Gasteiger partial charge in [-0.2, -0.15) is 5.26 Å². The number of carbonyl (C=O) groups excluding carboxylic acids is 2. The lowest BCUT2D eigenvalue weighted by molar-refractivity contribution is -0.138. The molecule has 1 heterocycles. The summed E-state index contributed by atoms with van der Waals surface area (Å²) in [7, 11) is 0. The fourth-order valence-electron chi connectivity index (χ4n) is 5.07. The van der Waals surface area contributed by atoms with Gasteiger partial charge in [0, 0.05) is 18.4 Å². The summed E-state index contributed by atoms with van der Waals surface area (Å²) < 4.78 is 0. The highest BCUT2D eigenvalue weighted by Crippen LogP contribution is 2.40. The molecule has 6 heteroatoms. The Morgan fingerprint density at radius 2 is 1.73 bits per heavy atom. The van der Waals surface area contributed by atoms with Crippen LogP contribution in [-0.2, 0) is 16.0 Å². The van der Waals surface area contributed by atoms with Crippen molar-refractivity contribution in [2.24, 2.45) is 11.1 Å². The Morgan fingerprint density at radius 3 is 2.33 bits per heavy atom. The average Bonchev–Trinajstić information content (AvgIpc) is 2.79. The molecule has 2 aliphatic rings. The average molecular weight is 411 g/mol. The van der Waals surface area contributed by atoms with Crippen LogP contribution >= 0.6 is 0 Å². The molecule has 2 amide bonds. The third kappa shape index (κ3) is 5.02. The molecule has 1 aliphatic carbocycles. The molecule has 0 atom stereocenters. The van der Waals surface area contributed by atoms with Crippen molar-refractivity contribution >= 4 is 11.8 Å². The van der Waals surface area contributed by atoms with Gasteiger partial charge in [-0.3, -0.25) is 9.59 Å². The van der Waals surface area contributed by atoms with Crippen molar-refractivity contribution in [1.29, 1.82) is 5.26 Å². The monoisotopic (exact) mass is 410 g/mol. The first kappa shape index (κ1) is 22.3. The van der Waals surface area contributed by atoms with E-state index < -0.39 is 11.0 Å². The first-order chi connectivity index (χ1) is 14.5. The van der Waals surface area contributed by atoms with E-state index in [2.05, 4.69) is 11.4 Å². The molecular formula is C24H34N4O2. The molecule has 2 fully saturated rings. The molecule has 1 saturated carbocycles. The number of nitriles is 1. The molecule has 1 aliphatic heterocycles. The number of rotatable bonds is 8. The second-order valence-corrected chi connectivity index (χ2v) is 8.88.